The molecule has 0 aromatic carbocycles. The molecule has 2 heterocycles. The van der Waals surface area contributed by atoms with Crippen LogP contribution in [0, 0.1) is 13.8 Å². The molecule has 106 valence electrons. The molecule has 20 heavy (non-hydrogen) atoms. The van der Waals surface area contributed by atoms with Crippen LogP contribution in [-0.2, 0) is 6.54 Å². The van der Waals surface area contributed by atoms with E-state index in [0.29, 0.717) is 5.95 Å². The Morgan fingerprint density at radius 2 is 2.00 bits per heavy atom. The van der Waals surface area contributed by atoms with Gasteiger partial charge in [-0.15, -0.1) is 0 Å². The van der Waals surface area contributed by atoms with E-state index in [1.54, 1.807) is 0 Å². The third kappa shape index (κ3) is 3.23. The van der Waals surface area contributed by atoms with E-state index in [2.05, 4.69) is 32.1 Å². The van der Waals surface area contributed by atoms with E-state index in [4.69, 9.17) is 0 Å². The Morgan fingerprint density at radius 1 is 1.20 bits per heavy atom. The minimum Gasteiger partial charge on any atom is -0.357 e. The summed E-state index contributed by atoms with van der Waals surface area (Å²) >= 11 is 0. The molecule has 0 radical (unpaired) electrons. The number of aryl methyl sites for hydroxylation is 2. The predicted octanol–water partition coefficient (Wildman–Crippen LogP) is 2.56. The van der Waals surface area contributed by atoms with Gasteiger partial charge in [0, 0.05) is 31.0 Å². The van der Waals surface area contributed by atoms with Crippen molar-refractivity contribution >= 4 is 11.8 Å². The van der Waals surface area contributed by atoms with Gasteiger partial charge in [0.2, 0.25) is 5.95 Å². The average molecular weight is 271 g/mol. The summed E-state index contributed by atoms with van der Waals surface area (Å²) in [5, 5.41) is 2.98. The Balaban J connectivity index is 2.28. The predicted molar refractivity (Wildman–Crippen MR) is 82.0 cm³/mol. The van der Waals surface area contributed by atoms with Crippen molar-refractivity contribution < 1.29 is 0 Å². The Bertz CT molecular complexity index is 582. The van der Waals surface area contributed by atoms with E-state index in [9.17, 15) is 0 Å². The molecule has 0 aliphatic rings. The van der Waals surface area contributed by atoms with E-state index < -0.39 is 0 Å². The summed E-state index contributed by atoms with van der Waals surface area (Å²) in [6, 6.07) is 6.09. The largest absolute Gasteiger partial charge is 0.357 e. The van der Waals surface area contributed by atoms with Crippen LogP contribution in [0.2, 0.25) is 0 Å². The summed E-state index contributed by atoms with van der Waals surface area (Å²) in [4.78, 5) is 15.6. The lowest BCUT2D eigenvalue weighted by molar-refractivity contribution is 0.784. The van der Waals surface area contributed by atoms with Gasteiger partial charge < -0.3 is 10.2 Å². The maximum absolute atomic E-state index is 4.56. The summed E-state index contributed by atoms with van der Waals surface area (Å²) in [6.45, 7) is 7.78. The topological polar surface area (TPSA) is 53.9 Å². The van der Waals surface area contributed by atoms with Crippen LogP contribution in [0.5, 0.6) is 0 Å². The summed E-state index contributed by atoms with van der Waals surface area (Å²) in [7, 11) is 1.83. The Hall–Kier alpha value is -2.17. The van der Waals surface area contributed by atoms with Gasteiger partial charge in [0.05, 0.1) is 12.2 Å². The highest BCUT2D eigenvalue weighted by atomic mass is 15.2. The molecule has 5 nitrogen and oxygen atoms in total. The van der Waals surface area contributed by atoms with Gasteiger partial charge in [-0.1, -0.05) is 6.07 Å². The smallest absolute Gasteiger partial charge is 0.224 e. The number of nitrogens with zero attached hydrogens (tertiary/aromatic N) is 4. The van der Waals surface area contributed by atoms with Gasteiger partial charge in [-0.25, -0.2) is 4.98 Å². The molecule has 1 N–H and O–H groups in total. The third-order valence-corrected chi connectivity index (χ3v) is 3.15. The summed E-state index contributed by atoms with van der Waals surface area (Å²) in [6.07, 6.45) is 1.85. The number of hydrogen-bond acceptors (Lipinski definition) is 5. The van der Waals surface area contributed by atoms with Gasteiger partial charge in [-0.3, -0.25) is 4.98 Å². The highest BCUT2D eigenvalue weighted by Gasteiger charge is 2.12. The molecule has 0 amide bonds. The van der Waals surface area contributed by atoms with Crippen molar-refractivity contribution in [2.75, 3.05) is 23.8 Å². The Labute approximate surface area is 120 Å². The van der Waals surface area contributed by atoms with Crippen molar-refractivity contribution in [3.8, 4) is 0 Å². The van der Waals surface area contributed by atoms with Crippen LogP contribution in [0.4, 0.5) is 11.8 Å². The lowest BCUT2D eigenvalue weighted by Crippen LogP contribution is -2.25. The van der Waals surface area contributed by atoms with E-state index in [-0.39, 0.29) is 0 Å². The van der Waals surface area contributed by atoms with E-state index >= 15 is 0 Å². The first-order valence-electron chi connectivity index (χ1n) is 6.83. The quantitative estimate of drug-likeness (QED) is 0.905. The van der Waals surface area contributed by atoms with Crippen molar-refractivity contribution in [2.45, 2.75) is 27.3 Å². The molecule has 0 atom stereocenters. The molecular formula is C15H21N5. The van der Waals surface area contributed by atoms with E-state index in [1.807, 2.05) is 45.3 Å². The van der Waals surface area contributed by atoms with Crippen LogP contribution in [0.3, 0.4) is 0 Å². The lowest BCUT2D eigenvalue weighted by Gasteiger charge is -2.23. The number of nitrogens with one attached hydrogen (secondary N) is 1. The molecule has 2 rings (SSSR count). The maximum Gasteiger partial charge on any atom is 0.224 e. The standard InChI is InChI=1S/C15H21N5/c1-5-20(10-13-8-6-7-12(3)18-13)14-11(2)9-17-15(16-4)19-14/h6-9H,5,10H2,1-4H3,(H,16,17,19). The second-order valence-electron chi connectivity index (χ2n) is 4.73. The first-order valence-corrected chi connectivity index (χ1v) is 6.83. The van der Waals surface area contributed by atoms with Gasteiger partial charge in [0.1, 0.15) is 5.82 Å². The van der Waals surface area contributed by atoms with Gasteiger partial charge in [0.15, 0.2) is 0 Å². The average Bonchev–Trinajstić information content (AvgIpc) is 2.46. The molecule has 0 spiro atoms. The molecule has 0 aliphatic heterocycles. The maximum atomic E-state index is 4.56. The van der Waals surface area contributed by atoms with Crippen LogP contribution < -0.4 is 10.2 Å². The minimum absolute atomic E-state index is 0.640. The molecule has 0 fully saturated rings. The number of aromatic nitrogens is 3. The Kier molecular flexibility index (Phi) is 4.50. The molecule has 2 aromatic heterocycles. The van der Waals surface area contributed by atoms with Crippen molar-refractivity contribution in [3.05, 3.63) is 41.3 Å². The molecule has 5 heteroatoms. The molecule has 0 aliphatic carbocycles. The Morgan fingerprint density at radius 3 is 2.65 bits per heavy atom. The molecular weight excluding hydrogens is 250 g/mol. The molecule has 2 aromatic rings. The SMILES string of the molecule is CCN(Cc1cccc(C)n1)c1nc(NC)ncc1C. The normalized spacial score (nSPS) is 10.4. The second-order valence-corrected chi connectivity index (χ2v) is 4.73. The van der Waals surface area contributed by atoms with Crippen LogP contribution >= 0.6 is 0 Å². The fourth-order valence-corrected chi connectivity index (χ4v) is 2.09. The molecule has 0 unspecified atom stereocenters. The molecule has 0 bridgehead atoms. The number of anilines is 2. The van der Waals surface area contributed by atoms with E-state index in [0.717, 1.165) is 35.9 Å². The zero-order valence-corrected chi connectivity index (χ0v) is 12.5. The van der Waals surface area contributed by atoms with Crippen molar-refractivity contribution in [1.29, 1.82) is 0 Å². The van der Waals surface area contributed by atoms with Gasteiger partial charge in [0.25, 0.3) is 0 Å². The van der Waals surface area contributed by atoms with Gasteiger partial charge in [-0.05, 0) is 32.9 Å². The first-order chi connectivity index (χ1) is 9.63. The lowest BCUT2D eigenvalue weighted by atomic mass is 10.2. The van der Waals surface area contributed by atoms with Crippen molar-refractivity contribution in [3.63, 3.8) is 0 Å². The third-order valence-electron chi connectivity index (χ3n) is 3.15. The fourth-order valence-electron chi connectivity index (χ4n) is 2.09. The minimum atomic E-state index is 0.640. The zero-order valence-electron chi connectivity index (χ0n) is 12.5. The van der Waals surface area contributed by atoms with Crippen LogP contribution in [0.25, 0.3) is 0 Å². The highest BCUT2D eigenvalue weighted by Crippen LogP contribution is 2.19. The second kappa shape index (κ2) is 6.32. The van der Waals surface area contributed by atoms with Gasteiger partial charge >= 0.3 is 0 Å². The monoisotopic (exact) mass is 271 g/mol. The van der Waals surface area contributed by atoms with Crippen molar-refractivity contribution in [2.24, 2.45) is 0 Å². The zero-order chi connectivity index (χ0) is 14.5. The molecule has 0 saturated carbocycles. The fraction of sp³-hybridized carbons (Fsp3) is 0.400. The van der Waals surface area contributed by atoms with Crippen LogP contribution in [-0.4, -0.2) is 28.5 Å². The number of pyridine rings is 1. The highest BCUT2D eigenvalue weighted by molar-refractivity contribution is 5.49. The van der Waals surface area contributed by atoms with Gasteiger partial charge in [-0.2, -0.15) is 4.98 Å². The van der Waals surface area contributed by atoms with Crippen LogP contribution in [0.1, 0.15) is 23.9 Å². The van der Waals surface area contributed by atoms with Crippen molar-refractivity contribution in [1.82, 2.24) is 15.0 Å². The summed E-state index contributed by atoms with van der Waals surface area (Å²) < 4.78 is 0. The number of hydrogen-bond donors (Lipinski definition) is 1. The van der Waals surface area contributed by atoms with Crippen LogP contribution in [0.15, 0.2) is 24.4 Å². The van der Waals surface area contributed by atoms with E-state index in [1.165, 1.54) is 0 Å². The summed E-state index contributed by atoms with van der Waals surface area (Å²) in [5.41, 5.74) is 3.16. The first kappa shape index (κ1) is 14.2. The number of rotatable bonds is 5. The summed E-state index contributed by atoms with van der Waals surface area (Å²) in [5.74, 6) is 1.59. The molecule has 0 saturated heterocycles.